The van der Waals surface area contributed by atoms with Crippen LogP contribution >= 0.6 is 0 Å². The Morgan fingerprint density at radius 2 is 1.95 bits per heavy atom. The molecule has 0 fully saturated rings. The normalized spacial score (nSPS) is 15.8. The first-order valence-corrected chi connectivity index (χ1v) is 6.78. The van der Waals surface area contributed by atoms with E-state index in [9.17, 15) is 4.79 Å². The summed E-state index contributed by atoms with van der Waals surface area (Å²) in [6.45, 7) is 7.65. The summed E-state index contributed by atoms with van der Waals surface area (Å²) in [6.07, 6.45) is 0.664. The standard InChI is InChI=1S/C13H28N2O4/c1-5-10(2)12(14)13(16)15-6-7-18-8-9-19-11(3)17-4/h10-12H,5-9,14H2,1-4H3,(H,15,16)/t10-,11?,12-/m0/s1. The molecule has 19 heavy (non-hydrogen) atoms. The van der Waals surface area contributed by atoms with Crippen molar-refractivity contribution in [2.75, 3.05) is 33.5 Å². The van der Waals surface area contributed by atoms with Crippen molar-refractivity contribution in [1.29, 1.82) is 0 Å². The predicted molar refractivity (Wildman–Crippen MR) is 73.7 cm³/mol. The van der Waals surface area contributed by atoms with Crippen LogP contribution in [0.3, 0.4) is 0 Å². The lowest BCUT2D eigenvalue weighted by atomic mass is 9.99. The van der Waals surface area contributed by atoms with Gasteiger partial charge < -0.3 is 25.3 Å². The SMILES string of the molecule is CC[C@H](C)[C@H](N)C(=O)NCCOCCOC(C)OC. The van der Waals surface area contributed by atoms with Crippen molar-refractivity contribution >= 4 is 5.91 Å². The number of carbonyl (C=O) groups excluding carboxylic acids is 1. The van der Waals surface area contributed by atoms with Crippen molar-refractivity contribution < 1.29 is 19.0 Å². The van der Waals surface area contributed by atoms with E-state index in [2.05, 4.69) is 5.32 Å². The summed E-state index contributed by atoms with van der Waals surface area (Å²) in [7, 11) is 1.58. The van der Waals surface area contributed by atoms with Crippen LogP contribution in [0.25, 0.3) is 0 Å². The molecule has 0 aliphatic carbocycles. The summed E-state index contributed by atoms with van der Waals surface area (Å²) in [4.78, 5) is 11.6. The number of carbonyl (C=O) groups is 1. The minimum Gasteiger partial charge on any atom is -0.377 e. The maximum absolute atomic E-state index is 11.6. The number of amides is 1. The highest BCUT2D eigenvalue weighted by Crippen LogP contribution is 2.04. The number of hydrogen-bond donors (Lipinski definition) is 2. The molecule has 0 bridgehead atoms. The van der Waals surface area contributed by atoms with E-state index >= 15 is 0 Å². The molecule has 6 heteroatoms. The Balaban J connectivity index is 3.46. The Kier molecular flexibility index (Phi) is 10.8. The minimum atomic E-state index is -0.448. The van der Waals surface area contributed by atoms with E-state index in [0.29, 0.717) is 26.4 Å². The molecular formula is C13H28N2O4. The highest BCUT2D eigenvalue weighted by Gasteiger charge is 2.18. The lowest BCUT2D eigenvalue weighted by molar-refractivity contribution is -0.124. The van der Waals surface area contributed by atoms with Crippen molar-refractivity contribution in [3.05, 3.63) is 0 Å². The molecule has 1 unspecified atom stereocenters. The van der Waals surface area contributed by atoms with Gasteiger partial charge in [-0.05, 0) is 12.8 Å². The van der Waals surface area contributed by atoms with Gasteiger partial charge in [-0.3, -0.25) is 4.79 Å². The number of hydrogen-bond acceptors (Lipinski definition) is 5. The van der Waals surface area contributed by atoms with Gasteiger partial charge >= 0.3 is 0 Å². The fourth-order valence-corrected chi connectivity index (χ4v) is 1.32. The predicted octanol–water partition coefficient (Wildman–Crippen LogP) is 0.502. The quantitative estimate of drug-likeness (QED) is 0.424. The summed E-state index contributed by atoms with van der Waals surface area (Å²) in [5, 5.41) is 2.75. The van der Waals surface area contributed by atoms with E-state index in [1.807, 2.05) is 20.8 Å². The average molecular weight is 276 g/mol. The van der Waals surface area contributed by atoms with Crippen molar-refractivity contribution in [3.8, 4) is 0 Å². The van der Waals surface area contributed by atoms with Gasteiger partial charge in [0.25, 0.3) is 0 Å². The van der Waals surface area contributed by atoms with Gasteiger partial charge in [0, 0.05) is 13.7 Å². The summed E-state index contributed by atoms with van der Waals surface area (Å²) < 4.78 is 15.5. The molecule has 0 radical (unpaired) electrons. The van der Waals surface area contributed by atoms with Crippen LogP contribution in [0.2, 0.25) is 0 Å². The molecule has 0 heterocycles. The number of nitrogens with two attached hydrogens (primary N) is 1. The van der Waals surface area contributed by atoms with Gasteiger partial charge in [-0.15, -0.1) is 0 Å². The van der Waals surface area contributed by atoms with Crippen LogP contribution in [0.5, 0.6) is 0 Å². The van der Waals surface area contributed by atoms with Gasteiger partial charge in [0.1, 0.15) is 0 Å². The number of nitrogens with one attached hydrogen (secondary N) is 1. The van der Waals surface area contributed by atoms with Gasteiger partial charge in [0.2, 0.25) is 5.91 Å². The van der Waals surface area contributed by atoms with E-state index in [1.165, 1.54) is 0 Å². The lowest BCUT2D eigenvalue weighted by Crippen LogP contribution is -2.45. The fourth-order valence-electron chi connectivity index (χ4n) is 1.32. The molecule has 3 atom stereocenters. The maximum atomic E-state index is 11.6. The maximum Gasteiger partial charge on any atom is 0.237 e. The highest BCUT2D eigenvalue weighted by molar-refractivity contribution is 5.81. The second-order valence-corrected chi connectivity index (χ2v) is 4.49. The first-order chi connectivity index (χ1) is 9.02. The smallest absolute Gasteiger partial charge is 0.237 e. The molecule has 0 saturated heterocycles. The molecule has 1 amide bonds. The molecule has 0 aliphatic rings. The second kappa shape index (κ2) is 11.2. The molecule has 0 aliphatic heterocycles. The summed E-state index contributed by atoms with van der Waals surface area (Å²) >= 11 is 0. The lowest BCUT2D eigenvalue weighted by Gasteiger charge is -2.17. The molecule has 3 N–H and O–H groups in total. The highest BCUT2D eigenvalue weighted by atomic mass is 16.7. The van der Waals surface area contributed by atoms with Crippen LogP contribution in [0, 0.1) is 5.92 Å². The number of methoxy groups -OCH3 is 1. The van der Waals surface area contributed by atoms with Crippen LogP contribution in [0.1, 0.15) is 27.2 Å². The van der Waals surface area contributed by atoms with Gasteiger partial charge in [-0.2, -0.15) is 0 Å². The summed E-state index contributed by atoms with van der Waals surface area (Å²) in [5.41, 5.74) is 5.80. The summed E-state index contributed by atoms with van der Waals surface area (Å²) in [6, 6.07) is -0.448. The van der Waals surface area contributed by atoms with E-state index in [-0.39, 0.29) is 18.1 Å². The zero-order chi connectivity index (χ0) is 14.7. The topological polar surface area (TPSA) is 82.8 Å². The van der Waals surface area contributed by atoms with E-state index in [4.69, 9.17) is 19.9 Å². The van der Waals surface area contributed by atoms with Gasteiger partial charge in [-0.25, -0.2) is 0 Å². The first kappa shape index (κ1) is 18.3. The first-order valence-electron chi connectivity index (χ1n) is 6.78. The van der Waals surface area contributed by atoms with Crippen molar-refractivity contribution in [2.45, 2.75) is 39.5 Å². The van der Waals surface area contributed by atoms with E-state index in [0.717, 1.165) is 6.42 Å². The largest absolute Gasteiger partial charge is 0.377 e. The molecule has 6 nitrogen and oxygen atoms in total. The van der Waals surface area contributed by atoms with Crippen LogP contribution in [0.15, 0.2) is 0 Å². The molecule has 0 aromatic heterocycles. The number of ether oxygens (including phenoxy) is 3. The van der Waals surface area contributed by atoms with Gasteiger partial charge in [0.15, 0.2) is 6.29 Å². The molecule has 0 aromatic rings. The van der Waals surface area contributed by atoms with Crippen LogP contribution < -0.4 is 11.1 Å². The van der Waals surface area contributed by atoms with E-state index < -0.39 is 6.04 Å². The third-order valence-electron chi connectivity index (χ3n) is 3.02. The van der Waals surface area contributed by atoms with Crippen LogP contribution in [-0.2, 0) is 19.0 Å². The van der Waals surface area contributed by atoms with Crippen molar-refractivity contribution in [1.82, 2.24) is 5.32 Å². The van der Waals surface area contributed by atoms with Crippen LogP contribution in [-0.4, -0.2) is 51.7 Å². The molecular weight excluding hydrogens is 248 g/mol. The molecule has 0 spiro atoms. The Labute approximate surface area is 116 Å². The Morgan fingerprint density at radius 1 is 1.26 bits per heavy atom. The monoisotopic (exact) mass is 276 g/mol. The number of rotatable bonds is 11. The molecule has 114 valence electrons. The van der Waals surface area contributed by atoms with Crippen molar-refractivity contribution in [2.24, 2.45) is 11.7 Å². The zero-order valence-corrected chi connectivity index (χ0v) is 12.5. The molecule has 0 rings (SSSR count). The fraction of sp³-hybridized carbons (Fsp3) is 0.923. The second-order valence-electron chi connectivity index (χ2n) is 4.49. The molecule has 0 saturated carbocycles. The van der Waals surface area contributed by atoms with E-state index in [1.54, 1.807) is 7.11 Å². The summed E-state index contributed by atoms with van der Waals surface area (Å²) in [5.74, 6) is 0.0621. The Morgan fingerprint density at radius 3 is 2.53 bits per heavy atom. The third-order valence-corrected chi connectivity index (χ3v) is 3.02. The van der Waals surface area contributed by atoms with Crippen molar-refractivity contribution in [3.63, 3.8) is 0 Å². The molecule has 0 aromatic carbocycles. The average Bonchev–Trinajstić information content (AvgIpc) is 2.43. The Bertz CT molecular complexity index is 239. The van der Waals surface area contributed by atoms with Gasteiger partial charge in [-0.1, -0.05) is 20.3 Å². The third kappa shape index (κ3) is 8.93. The zero-order valence-electron chi connectivity index (χ0n) is 12.5. The minimum absolute atomic E-state index is 0.123. The van der Waals surface area contributed by atoms with Gasteiger partial charge in [0.05, 0.1) is 25.9 Å². The Hall–Kier alpha value is -0.690. The van der Waals surface area contributed by atoms with Crippen LogP contribution in [0.4, 0.5) is 0 Å².